The number of hydrogen-bond donors (Lipinski definition) is 1. The zero-order valence-corrected chi connectivity index (χ0v) is 17.6. The Morgan fingerprint density at radius 2 is 2.11 bits per heavy atom. The highest BCUT2D eigenvalue weighted by atomic mass is 35.5. The van der Waals surface area contributed by atoms with Crippen LogP contribution in [0, 0.1) is 0 Å². The van der Waals surface area contributed by atoms with Crippen LogP contribution in [0.1, 0.15) is 19.8 Å². The molecule has 154 valence electrons. The smallest absolute Gasteiger partial charge is 0.194 e. The summed E-state index contributed by atoms with van der Waals surface area (Å²) >= 11 is 6.15. The lowest BCUT2D eigenvalue weighted by molar-refractivity contribution is -0.0432. The fraction of sp³-hybridized carbons (Fsp3) is 0.667. The number of halogens is 1. The largest absolute Gasteiger partial charge is 0.373 e. The van der Waals surface area contributed by atoms with Crippen LogP contribution in [-0.4, -0.2) is 86.9 Å². The minimum Gasteiger partial charge on any atom is -0.373 e. The van der Waals surface area contributed by atoms with Gasteiger partial charge in [-0.05, 0) is 44.5 Å². The molecule has 2 atom stereocenters. The first-order chi connectivity index (χ1) is 13.7. The third kappa shape index (κ3) is 4.73. The Morgan fingerprint density at radius 1 is 1.25 bits per heavy atom. The maximum absolute atomic E-state index is 6.15. The first-order valence-electron chi connectivity index (χ1n) is 10.6. The molecule has 1 N–H and O–H groups in total. The summed E-state index contributed by atoms with van der Waals surface area (Å²) in [5.74, 6) is 1.01. The molecule has 28 heavy (non-hydrogen) atoms. The van der Waals surface area contributed by atoms with Gasteiger partial charge in [-0.1, -0.05) is 17.7 Å². The molecule has 1 aromatic carbocycles. The highest BCUT2D eigenvalue weighted by Crippen LogP contribution is 2.23. The van der Waals surface area contributed by atoms with Gasteiger partial charge in [-0.3, -0.25) is 9.89 Å². The van der Waals surface area contributed by atoms with Crippen molar-refractivity contribution in [2.45, 2.75) is 31.9 Å². The van der Waals surface area contributed by atoms with Crippen LogP contribution < -0.4 is 10.2 Å². The van der Waals surface area contributed by atoms with Crippen LogP contribution in [0.25, 0.3) is 0 Å². The van der Waals surface area contributed by atoms with Gasteiger partial charge < -0.3 is 19.9 Å². The number of nitrogens with zero attached hydrogens (tertiary/aromatic N) is 4. The monoisotopic (exact) mass is 405 g/mol. The number of benzene rings is 1. The summed E-state index contributed by atoms with van der Waals surface area (Å²) in [5.41, 5.74) is 1.20. The number of hydrogen-bond acceptors (Lipinski definition) is 4. The number of morpholine rings is 1. The van der Waals surface area contributed by atoms with E-state index in [-0.39, 0.29) is 6.10 Å². The fourth-order valence-corrected chi connectivity index (χ4v) is 4.64. The van der Waals surface area contributed by atoms with Crippen LogP contribution in [0.15, 0.2) is 29.3 Å². The van der Waals surface area contributed by atoms with Crippen molar-refractivity contribution >= 4 is 23.2 Å². The normalized spacial score (nSPS) is 26.4. The molecule has 3 aliphatic rings. The van der Waals surface area contributed by atoms with Gasteiger partial charge in [0.15, 0.2) is 5.96 Å². The number of aliphatic imine (C=N–C) groups is 1. The van der Waals surface area contributed by atoms with Crippen molar-refractivity contribution in [1.29, 1.82) is 0 Å². The number of nitrogens with one attached hydrogen (secondary N) is 1. The van der Waals surface area contributed by atoms with Crippen LogP contribution in [0.3, 0.4) is 0 Å². The second-order valence-electron chi connectivity index (χ2n) is 7.89. The zero-order chi connectivity index (χ0) is 19.3. The quantitative estimate of drug-likeness (QED) is 0.615. The molecule has 0 bridgehead atoms. The molecule has 4 rings (SSSR count). The standard InChI is InChI=1S/C21H32ClN5O/c1-2-23-21(24-14-20-15-27-8-4-7-19(27)16-28-20)26-11-9-25(10-12-26)18-6-3-5-17(22)13-18/h3,5-6,13,19-20H,2,4,7-12,14-16H2,1H3,(H,23,24). The molecule has 0 spiro atoms. The molecule has 0 saturated carbocycles. The third-order valence-corrected chi connectivity index (χ3v) is 6.23. The molecule has 7 heteroatoms. The predicted octanol–water partition coefficient (Wildman–Crippen LogP) is 2.29. The van der Waals surface area contributed by atoms with Crippen molar-refractivity contribution in [3.8, 4) is 0 Å². The molecule has 3 heterocycles. The molecule has 3 fully saturated rings. The van der Waals surface area contributed by atoms with Gasteiger partial charge in [-0.25, -0.2) is 0 Å². The molecular weight excluding hydrogens is 374 g/mol. The van der Waals surface area contributed by atoms with E-state index in [4.69, 9.17) is 21.3 Å². The number of anilines is 1. The second kappa shape index (κ2) is 9.33. The predicted molar refractivity (Wildman–Crippen MR) is 116 cm³/mol. The number of fused-ring (bicyclic) bond motifs is 1. The lowest BCUT2D eigenvalue weighted by atomic mass is 10.2. The van der Waals surface area contributed by atoms with Crippen LogP contribution in [-0.2, 0) is 4.74 Å². The van der Waals surface area contributed by atoms with Gasteiger partial charge in [0.25, 0.3) is 0 Å². The summed E-state index contributed by atoms with van der Waals surface area (Å²) in [4.78, 5) is 12.3. The van der Waals surface area contributed by atoms with Crippen LogP contribution in [0.4, 0.5) is 5.69 Å². The van der Waals surface area contributed by atoms with Gasteiger partial charge >= 0.3 is 0 Å². The Balaban J connectivity index is 1.32. The summed E-state index contributed by atoms with van der Waals surface area (Å²) in [5, 5.41) is 4.26. The van der Waals surface area contributed by atoms with E-state index in [1.807, 2.05) is 18.2 Å². The first kappa shape index (κ1) is 19.8. The molecule has 3 aliphatic heterocycles. The average molecular weight is 406 g/mol. The molecule has 0 aromatic heterocycles. The molecule has 0 radical (unpaired) electrons. The third-order valence-electron chi connectivity index (χ3n) is 5.99. The zero-order valence-electron chi connectivity index (χ0n) is 16.8. The van der Waals surface area contributed by atoms with Gasteiger partial charge in [0.2, 0.25) is 0 Å². The lowest BCUT2D eigenvalue weighted by Gasteiger charge is -2.38. The Kier molecular flexibility index (Phi) is 6.60. The number of piperazine rings is 1. The van der Waals surface area contributed by atoms with Gasteiger partial charge in [0.05, 0.1) is 19.3 Å². The van der Waals surface area contributed by atoms with E-state index in [0.29, 0.717) is 6.04 Å². The van der Waals surface area contributed by atoms with Crippen LogP contribution in [0.2, 0.25) is 5.02 Å². The maximum atomic E-state index is 6.15. The van der Waals surface area contributed by atoms with Gasteiger partial charge in [0, 0.05) is 56.0 Å². The Hall–Kier alpha value is -1.50. The van der Waals surface area contributed by atoms with Crippen LogP contribution >= 0.6 is 11.6 Å². The molecule has 0 amide bonds. The first-order valence-corrected chi connectivity index (χ1v) is 11.0. The van der Waals surface area contributed by atoms with Crippen LogP contribution in [0.5, 0.6) is 0 Å². The molecule has 1 aromatic rings. The average Bonchev–Trinajstić information content (AvgIpc) is 3.19. The van der Waals surface area contributed by atoms with Gasteiger partial charge in [-0.2, -0.15) is 0 Å². The topological polar surface area (TPSA) is 43.3 Å². The van der Waals surface area contributed by atoms with Crippen molar-refractivity contribution in [1.82, 2.24) is 15.1 Å². The minimum atomic E-state index is 0.218. The molecule has 6 nitrogen and oxygen atoms in total. The summed E-state index contributed by atoms with van der Waals surface area (Å²) in [6.07, 6.45) is 2.81. The summed E-state index contributed by atoms with van der Waals surface area (Å²) in [6.45, 7) is 10.7. The molecule has 3 saturated heterocycles. The lowest BCUT2D eigenvalue weighted by Crippen LogP contribution is -2.53. The Morgan fingerprint density at radius 3 is 2.89 bits per heavy atom. The highest BCUT2D eigenvalue weighted by Gasteiger charge is 2.32. The summed E-state index contributed by atoms with van der Waals surface area (Å²) < 4.78 is 6.08. The second-order valence-corrected chi connectivity index (χ2v) is 8.33. The van der Waals surface area contributed by atoms with E-state index in [1.165, 1.54) is 25.1 Å². The molecular formula is C21H32ClN5O. The van der Waals surface area contributed by atoms with Crippen molar-refractivity contribution in [3.05, 3.63) is 29.3 Å². The number of ether oxygens (including phenoxy) is 1. The van der Waals surface area contributed by atoms with Crippen molar-refractivity contribution < 1.29 is 4.74 Å². The van der Waals surface area contributed by atoms with E-state index < -0.39 is 0 Å². The van der Waals surface area contributed by atoms with Crippen molar-refractivity contribution in [3.63, 3.8) is 0 Å². The fourth-order valence-electron chi connectivity index (χ4n) is 4.46. The summed E-state index contributed by atoms with van der Waals surface area (Å²) in [6, 6.07) is 8.77. The number of rotatable bonds is 4. The maximum Gasteiger partial charge on any atom is 0.194 e. The van der Waals surface area contributed by atoms with E-state index >= 15 is 0 Å². The molecule has 2 unspecified atom stereocenters. The van der Waals surface area contributed by atoms with Crippen molar-refractivity contribution in [2.75, 3.05) is 63.9 Å². The molecule has 0 aliphatic carbocycles. The summed E-state index contributed by atoms with van der Waals surface area (Å²) in [7, 11) is 0. The van der Waals surface area contributed by atoms with Gasteiger partial charge in [0.1, 0.15) is 0 Å². The Bertz CT molecular complexity index is 677. The van der Waals surface area contributed by atoms with E-state index in [1.54, 1.807) is 0 Å². The van der Waals surface area contributed by atoms with Gasteiger partial charge in [-0.15, -0.1) is 0 Å². The SMILES string of the molecule is CCNC(=NCC1CN2CCCC2CO1)N1CCN(c2cccc(Cl)c2)CC1. The van der Waals surface area contributed by atoms with E-state index in [0.717, 1.165) is 63.4 Å². The Labute approximate surface area is 173 Å². The van der Waals surface area contributed by atoms with E-state index in [9.17, 15) is 0 Å². The van der Waals surface area contributed by atoms with E-state index in [2.05, 4.69) is 33.0 Å². The van der Waals surface area contributed by atoms with Crippen molar-refractivity contribution in [2.24, 2.45) is 4.99 Å². The minimum absolute atomic E-state index is 0.218. The number of guanidine groups is 1. The highest BCUT2D eigenvalue weighted by molar-refractivity contribution is 6.30.